The maximum absolute atomic E-state index is 12.6. The lowest BCUT2D eigenvalue weighted by molar-refractivity contribution is -0.116. The Kier molecular flexibility index (Phi) is 4.43. The van der Waals surface area contributed by atoms with Crippen LogP contribution in [0.1, 0.15) is 0 Å². The molecule has 1 N–H and O–H groups in total. The third-order valence-corrected chi connectivity index (χ3v) is 5.57. The molecule has 154 valence electrons. The highest BCUT2D eigenvalue weighted by atomic mass is 16.2. The Bertz CT molecular complexity index is 1490. The van der Waals surface area contributed by atoms with Crippen LogP contribution >= 0.6 is 0 Å². The number of hydrogen-bond acceptors (Lipinski definition) is 3. The second kappa shape index (κ2) is 7.28. The number of aromatic nitrogens is 4. The molecule has 1 amide bonds. The lowest BCUT2D eigenvalue weighted by Crippen LogP contribution is -2.28. The molecule has 0 saturated carbocycles. The zero-order valence-corrected chi connectivity index (χ0v) is 17.2. The predicted octanol–water partition coefficient (Wildman–Crippen LogP) is 3.53. The number of aryl methyl sites for hydroxylation is 2. The summed E-state index contributed by atoms with van der Waals surface area (Å²) in [5, 5.41) is 2.88. The lowest BCUT2D eigenvalue weighted by atomic mass is 10.2. The fraction of sp³-hybridized carbons (Fsp3) is 0.125. The van der Waals surface area contributed by atoms with E-state index < -0.39 is 0 Å². The summed E-state index contributed by atoms with van der Waals surface area (Å²) in [6.45, 7) is -0.0489. The number of nitrogens with one attached hydrogen (secondary N) is 1. The molecule has 7 nitrogen and oxygen atoms in total. The van der Waals surface area contributed by atoms with E-state index in [4.69, 9.17) is 4.98 Å². The summed E-state index contributed by atoms with van der Waals surface area (Å²) in [6.07, 6.45) is 0. The van der Waals surface area contributed by atoms with Crippen molar-refractivity contribution in [3.8, 4) is 11.4 Å². The van der Waals surface area contributed by atoms with Crippen LogP contribution in [-0.4, -0.2) is 24.6 Å². The van der Waals surface area contributed by atoms with Gasteiger partial charge in [-0.05, 0) is 48.5 Å². The largest absolute Gasteiger partial charge is 0.329 e. The van der Waals surface area contributed by atoms with Gasteiger partial charge in [-0.25, -0.2) is 9.78 Å². The average Bonchev–Trinajstić information content (AvgIpc) is 3.24. The van der Waals surface area contributed by atoms with Gasteiger partial charge in [0.2, 0.25) is 5.91 Å². The quantitative estimate of drug-likeness (QED) is 0.492. The van der Waals surface area contributed by atoms with Crippen molar-refractivity contribution in [3.63, 3.8) is 0 Å². The number of fused-ring (bicyclic) bond motifs is 2. The van der Waals surface area contributed by atoms with Crippen molar-refractivity contribution >= 4 is 33.7 Å². The van der Waals surface area contributed by atoms with Gasteiger partial charge in [0, 0.05) is 25.3 Å². The minimum Gasteiger partial charge on any atom is -0.327 e. The summed E-state index contributed by atoms with van der Waals surface area (Å²) in [5.41, 5.74) is 4.96. The number of para-hydroxylation sites is 4. The summed E-state index contributed by atoms with van der Waals surface area (Å²) in [7, 11) is 3.70. The molecule has 2 aromatic heterocycles. The molecule has 0 fully saturated rings. The molecule has 0 saturated heterocycles. The first kappa shape index (κ1) is 18.9. The molecule has 5 rings (SSSR count). The molecule has 0 spiro atoms. The van der Waals surface area contributed by atoms with Crippen molar-refractivity contribution < 1.29 is 4.79 Å². The minimum atomic E-state index is -0.256. The molecule has 2 heterocycles. The fourth-order valence-corrected chi connectivity index (χ4v) is 3.97. The van der Waals surface area contributed by atoms with Gasteiger partial charge in [-0.2, -0.15) is 0 Å². The van der Waals surface area contributed by atoms with Gasteiger partial charge in [-0.1, -0.05) is 24.3 Å². The van der Waals surface area contributed by atoms with Crippen LogP contribution in [0, 0.1) is 0 Å². The van der Waals surface area contributed by atoms with E-state index in [-0.39, 0.29) is 18.1 Å². The molecule has 31 heavy (non-hydrogen) atoms. The van der Waals surface area contributed by atoms with Crippen LogP contribution in [0.4, 0.5) is 5.69 Å². The zero-order chi connectivity index (χ0) is 21.5. The Hall–Kier alpha value is -4.13. The van der Waals surface area contributed by atoms with Crippen molar-refractivity contribution in [2.24, 2.45) is 14.1 Å². The summed E-state index contributed by atoms with van der Waals surface area (Å²) in [5.74, 6) is 0.607. The van der Waals surface area contributed by atoms with Gasteiger partial charge in [0.05, 0.1) is 22.1 Å². The molecule has 0 atom stereocenters. The maximum atomic E-state index is 12.6. The van der Waals surface area contributed by atoms with E-state index in [1.165, 1.54) is 4.57 Å². The van der Waals surface area contributed by atoms with Gasteiger partial charge in [0.15, 0.2) is 0 Å². The van der Waals surface area contributed by atoms with Gasteiger partial charge in [-0.15, -0.1) is 0 Å². The summed E-state index contributed by atoms with van der Waals surface area (Å²) in [4.78, 5) is 29.8. The standard InChI is InChI=1S/C24H21N5O2/c1-27-19-8-4-3-7-18(19)26-23(27)16-11-13-17(14-12-16)25-22(30)15-29-21-10-6-5-9-20(21)28(2)24(29)31/h3-14H,15H2,1-2H3,(H,25,30). The SMILES string of the molecule is Cn1c(-c2ccc(NC(=O)Cn3c(=O)n(C)c4ccccc43)cc2)nc2ccccc21. The van der Waals surface area contributed by atoms with E-state index in [0.717, 1.165) is 33.5 Å². The van der Waals surface area contributed by atoms with E-state index in [2.05, 4.69) is 9.88 Å². The minimum absolute atomic E-state index is 0.0489. The van der Waals surface area contributed by atoms with Crippen molar-refractivity contribution in [2.45, 2.75) is 6.54 Å². The highest BCUT2D eigenvalue weighted by Crippen LogP contribution is 2.24. The van der Waals surface area contributed by atoms with Crippen LogP contribution in [0.25, 0.3) is 33.5 Å². The van der Waals surface area contributed by atoms with Crippen LogP contribution in [0.2, 0.25) is 0 Å². The van der Waals surface area contributed by atoms with Crippen LogP contribution in [0.5, 0.6) is 0 Å². The predicted molar refractivity (Wildman–Crippen MR) is 122 cm³/mol. The Balaban J connectivity index is 1.37. The summed E-state index contributed by atoms with van der Waals surface area (Å²) in [6, 6.07) is 23.0. The maximum Gasteiger partial charge on any atom is 0.329 e. The number of benzene rings is 3. The van der Waals surface area contributed by atoms with Crippen LogP contribution in [0.15, 0.2) is 77.6 Å². The topological polar surface area (TPSA) is 73.8 Å². The van der Waals surface area contributed by atoms with Gasteiger partial charge in [-0.3, -0.25) is 13.9 Å². The molecule has 7 heteroatoms. The smallest absolute Gasteiger partial charge is 0.327 e. The Morgan fingerprint density at radius 3 is 2.19 bits per heavy atom. The molecule has 0 unspecified atom stereocenters. The molecular formula is C24H21N5O2. The average molecular weight is 411 g/mol. The van der Waals surface area contributed by atoms with Crippen LogP contribution in [-0.2, 0) is 25.4 Å². The molecular weight excluding hydrogens is 390 g/mol. The van der Waals surface area contributed by atoms with Gasteiger partial charge in [0.1, 0.15) is 12.4 Å². The van der Waals surface area contributed by atoms with Crippen molar-refractivity contribution in [1.29, 1.82) is 0 Å². The van der Waals surface area contributed by atoms with Gasteiger partial charge >= 0.3 is 5.69 Å². The highest BCUT2D eigenvalue weighted by Gasteiger charge is 2.14. The van der Waals surface area contributed by atoms with E-state index in [0.29, 0.717) is 5.69 Å². The third kappa shape index (κ3) is 3.20. The molecule has 0 radical (unpaired) electrons. The van der Waals surface area contributed by atoms with E-state index in [1.807, 2.05) is 79.8 Å². The van der Waals surface area contributed by atoms with Crippen molar-refractivity contribution in [2.75, 3.05) is 5.32 Å². The summed E-state index contributed by atoms with van der Waals surface area (Å²) < 4.78 is 5.09. The van der Waals surface area contributed by atoms with Gasteiger partial charge in [0.25, 0.3) is 0 Å². The lowest BCUT2D eigenvalue weighted by Gasteiger charge is -2.08. The first-order valence-corrected chi connectivity index (χ1v) is 9.99. The molecule has 0 aliphatic carbocycles. The zero-order valence-electron chi connectivity index (χ0n) is 17.2. The third-order valence-electron chi connectivity index (χ3n) is 5.57. The van der Waals surface area contributed by atoms with E-state index in [1.54, 1.807) is 11.6 Å². The molecule has 5 aromatic rings. The van der Waals surface area contributed by atoms with Crippen LogP contribution in [0.3, 0.4) is 0 Å². The second-order valence-corrected chi connectivity index (χ2v) is 7.53. The Labute approximate surface area is 178 Å². The normalized spacial score (nSPS) is 11.3. The first-order chi connectivity index (χ1) is 15.0. The Morgan fingerprint density at radius 1 is 0.839 bits per heavy atom. The number of amides is 1. The molecule has 0 bridgehead atoms. The highest BCUT2D eigenvalue weighted by molar-refractivity contribution is 5.92. The molecule has 0 aliphatic rings. The van der Waals surface area contributed by atoms with Crippen LogP contribution < -0.4 is 11.0 Å². The number of rotatable bonds is 4. The van der Waals surface area contributed by atoms with Crippen molar-refractivity contribution in [3.05, 3.63) is 83.3 Å². The van der Waals surface area contributed by atoms with Gasteiger partial charge < -0.3 is 9.88 Å². The summed E-state index contributed by atoms with van der Waals surface area (Å²) >= 11 is 0. The number of carbonyl (C=O) groups excluding carboxylic acids is 1. The Morgan fingerprint density at radius 2 is 1.48 bits per heavy atom. The number of imidazole rings is 2. The number of anilines is 1. The monoisotopic (exact) mass is 411 g/mol. The second-order valence-electron chi connectivity index (χ2n) is 7.53. The molecule has 3 aromatic carbocycles. The molecule has 0 aliphatic heterocycles. The fourth-order valence-electron chi connectivity index (χ4n) is 3.97. The van der Waals surface area contributed by atoms with Crippen molar-refractivity contribution in [1.82, 2.24) is 18.7 Å². The first-order valence-electron chi connectivity index (χ1n) is 9.99. The number of nitrogens with zero attached hydrogens (tertiary/aromatic N) is 4. The number of hydrogen-bond donors (Lipinski definition) is 1. The number of carbonyl (C=O) groups is 1. The van der Waals surface area contributed by atoms with E-state index >= 15 is 0 Å². The van der Waals surface area contributed by atoms with E-state index in [9.17, 15) is 9.59 Å².